The van der Waals surface area contributed by atoms with Crippen molar-refractivity contribution < 1.29 is 4.74 Å². The molecule has 1 aliphatic rings. The standard InChI is InChI=1S/C46H54N4O/c1-8-14-33-23-24-47-44(25-33)49-41-20-12-11-19-38(41)39-22-21-36(29-43(39)49)51-37-27-34(30(4)5)26-35(28-37)50-42(16-10-3)46(40(48-50)15-9-2)45-31(6)17-13-18-32(45)7/h11-12,17,19-30,32,45H,8-10,13-16,18H2,1-7H3/t32-,45?/m0/s1. The molecule has 3 aromatic carbocycles. The van der Waals surface area contributed by atoms with Gasteiger partial charge in [-0.1, -0.05) is 90.7 Å². The van der Waals surface area contributed by atoms with Crippen molar-refractivity contribution in [2.24, 2.45) is 5.92 Å². The molecule has 0 bridgehead atoms. The van der Waals surface area contributed by atoms with Crippen molar-refractivity contribution in [3.05, 3.63) is 119 Å². The molecule has 7 rings (SSSR count). The Balaban J connectivity index is 1.35. The van der Waals surface area contributed by atoms with Gasteiger partial charge in [0.25, 0.3) is 0 Å². The van der Waals surface area contributed by atoms with E-state index in [2.05, 4.69) is 137 Å². The number of para-hydroxylation sites is 1. The Morgan fingerprint density at radius 1 is 0.824 bits per heavy atom. The fraction of sp³-hybridized carbons (Fsp3) is 0.391. The van der Waals surface area contributed by atoms with Gasteiger partial charge in [0.05, 0.1) is 22.4 Å². The molecule has 0 amide bonds. The molecular formula is C46H54N4O. The molecule has 3 heterocycles. The largest absolute Gasteiger partial charge is 0.457 e. The molecule has 2 atom stereocenters. The second kappa shape index (κ2) is 14.9. The van der Waals surface area contributed by atoms with Crippen molar-refractivity contribution in [2.45, 2.75) is 112 Å². The average molecular weight is 679 g/mol. The molecule has 3 aromatic heterocycles. The summed E-state index contributed by atoms with van der Waals surface area (Å²) in [5.74, 6) is 3.94. The summed E-state index contributed by atoms with van der Waals surface area (Å²) < 4.78 is 11.4. The molecule has 51 heavy (non-hydrogen) atoms. The zero-order valence-corrected chi connectivity index (χ0v) is 31.7. The third kappa shape index (κ3) is 6.76. The van der Waals surface area contributed by atoms with Gasteiger partial charge in [-0.05, 0) is 104 Å². The van der Waals surface area contributed by atoms with E-state index in [0.29, 0.717) is 17.8 Å². The number of ether oxygens (including phenoxy) is 1. The first kappa shape index (κ1) is 34.8. The molecule has 6 aromatic rings. The van der Waals surface area contributed by atoms with Crippen LogP contribution in [0.5, 0.6) is 11.5 Å². The second-order valence-electron chi connectivity index (χ2n) is 15.0. The van der Waals surface area contributed by atoms with Gasteiger partial charge in [0.15, 0.2) is 0 Å². The lowest BCUT2D eigenvalue weighted by molar-refractivity contribution is 0.445. The molecule has 5 nitrogen and oxygen atoms in total. The van der Waals surface area contributed by atoms with Gasteiger partial charge < -0.3 is 4.74 Å². The molecular weight excluding hydrogens is 625 g/mol. The van der Waals surface area contributed by atoms with E-state index in [-0.39, 0.29) is 0 Å². The van der Waals surface area contributed by atoms with Crippen LogP contribution >= 0.6 is 0 Å². The summed E-state index contributed by atoms with van der Waals surface area (Å²) in [6, 6.07) is 26.2. The highest BCUT2D eigenvalue weighted by molar-refractivity contribution is 6.09. The molecule has 0 fully saturated rings. The molecule has 0 spiro atoms. The fourth-order valence-electron chi connectivity index (χ4n) is 8.36. The molecule has 0 saturated carbocycles. The number of aromatic nitrogens is 4. The Labute approximate surface area is 304 Å². The maximum absolute atomic E-state index is 6.84. The van der Waals surface area contributed by atoms with Crippen LogP contribution in [0.15, 0.2) is 90.6 Å². The lowest BCUT2D eigenvalue weighted by atomic mass is 9.74. The number of hydrogen-bond acceptors (Lipinski definition) is 3. The van der Waals surface area contributed by atoms with Crippen LogP contribution in [0, 0.1) is 5.92 Å². The van der Waals surface area contributed by atoms with Crippen molar-refractivity contribution in [3.63, 3.8) is 0 Å². The molecule has 0 saturated heterocycles. The van der Waals surface area contributed by atoms with Crippen molar-refractivity contribution in [1.29, 1.82) is 0 Å². The van der Waals surface area contributed by atoms with Crippen molar-refractivity contribution in [1.82, 2.24) is 19.3 Å². The van der Waals surface area contributed by atoms with Crippen LogP contribution in [0.1, 0.15) is 120 Å². The van der Waals surface area contributed by atoms with Crippen molar-refractivity contribution >= 4 is 21.8 Å². The predicted molar refractivity (Wildman–Crippen MR) is 213 cm³/mol. The topological polar surface area (TPSA) is 44.9 Å². The Kier molecular flexibility index (Phi) is 10.2. The minimum Gasteiger partial charge on any atom is -0.457 e. The van der Waals surface area contributed by atoms with E-state index in [0.717, 1.165) is 72.6 Å². The van der Waals surface area contributed by atoms with E-state index < -0.39 is 0 Å². The first-order chi connectivity index (χ1) is 24.8. The number of aryl methyl sites for hydroxylation is 2. The minimum atomic E-state index is 0.335. The maximum atomic E-state index is 6.84. The average Bonchev–Trinajstić information content (AvgIpc) is 3.63. The first-order valence-electron chi connectivity index (χ1n) is 19.4. The second-order valence-corrected chi connectivity index (χ2v) is 15.0. The summed E-state index contributed by atoms with van der Waals surface area (Å²) in [6.07, 6.45) is 13.1. The van der Waals surface area contributed by atoms with E-state index in [1.165, 1.54) is 57.3 Å². The Morgan fingerprint density at radius 3 is 2.37 bits per heavy atom. The lowest BCUT2D eigenvalue weighted by Crippen LogP contribution is -2.18. The highest BCUT2D eigenvalue weighted by Gasteiger charge is 2.31. The van der Waals surface area contributed by atoms with E-state index in [1.807, 2.05) is 6.20 Å². The van der Waals surface area contributed by atoms with Gasteiger partial charge >= 0.3 is 0 Å². The van der Waals surface area contributed by atoms with Gasteiger partial charge in [0.1, 0.15) is 17.3 Å². The van der Waals surface area contributed by atoms with Crippen LogP contribution < -0.4 is 4.74 Å². The van der Waals surface area contributed by atoms with Gasteiger partial charge in [-0.15, -0.1) is 0 Å². The van der Waals surface area contributed by atoms with Gasteiger partial charge in [0, 0.05) is 46.3 Å². The van der Waals surface area contributed by atoms with Gasteiger partial charge in [-0.2, -0.15) is 5.10 Å². The van der Waals surface area contributed by atoms with Crippen LogP contribution in [0.25, 0.3) is 33.3 Å². The normalized spacial score (nSPS) is 16.4. The summed E-state index contributed by atoms with van der Waals surface area (Å²) in [6.45, 7) is 16.1. The van der Waals surface area contributed by atoms with Crippen LogP contribution in [0.3, 0.4) is 0 Å². The van der Waals surface area contributed by atoms with Crippen LogP contribution in [-0.2, 0) is 19.3 Å². The molecule has 0 aliphatic heterocycles. The molecule has 5 heteroatoms. The van der Waals surface area contributed by atoms with Crippen LogP contribution in [0.2, 0.25) is 0 Å². The third-order valence-electron chi connectivity index (χ3n) is 10.8. The van der Waals surface area contributed by atoms with E-state index in [4.69, 9.17) is 14.8 Å². The molecule has 1 aliphatic carbocycles. The number of nitrogens with zero attached hydrogens (tertiary/aromatic N) is 4. The quantitative estimate of drug-likeness (QED) is 0.121. The zero-order chi connectivity index (χ0) is 35.6. The first-order valence-corrected chi connectivity index (χ1v) is 19.4. The molecule has 264 valence electrons. The Hall–Kier alpha value is -4.64. The number of fused-ring (bicyclic) bond motifs is 3. The fourth-order valence-corrected chi connectivity index (χ4v) is 8.36. The lowest BCUT2D eigenvalue weighted by Gasteiger charge is -2.30. The Bertz CT molecular complexity index is 2200. The number of allylic oxidation sites excluding steroid dienone is 2. The maximum Gasteiger partial charge on any atom is 0.137 e. The number of rotatable bonds is 12. The summed E-state index contributed by atoms with van der Waals surface area (Å²) in [5, 5.41) is 7.84. The van der Waals surface area contributed by atoms with Gasteiger partial charge in [-0.3, -0.25) is 4.57 Å². The predicted octanol–water partition coefficient (Wildman–Crippen LogP) is 12.6. The van der Waals surface area contributed by atoms with Gasteiger partial charge in [0.2, 0.25) is 0 Å². The third-order valence-corrected chi connectivity index (χ3v) is 10.8. The number of benzene rings is 3. The van der Waals surface area contributed by atoms with Crippen molar-refractivity contribution in [3.8, 4) is 23.0 Å². The summed E-state index contributed by atoms with van der Waals surface area (Å²) in [5.41, 5.74) is 11.5. The minimum absolute atomic E-state index is 0.335. The summed E-state index contributed by atoms with van der Waals surface area (Å²) in [7, 11) is 0. The summed E-state index contributed by atoms with van der Waals surface area (Å²) >= 11 is 0. The van der Waals surface area contributed by atoms with Crippen molar-refractivity contribution in [2.75, 3.05) is 0 Å². The summed E-state index contributed by atoms with van der Waals surface area (Å²) in [4.78, 5) is 4.85. The van der Waals surface area contributed by atoms with Crippen LogP contribution in [-0.4, -0.2) is 19.3 Å². The number of pyridine rings is 1. The molecule has 1 unspecified atom stereocenters. The molecule has 0 N–H and O–H groups in total. The van der Waals surface area contributed by atoms with E-state index >= 15 is 0 Å². The Morgan fingerprint density at radius 2 is 1.61 bits per heavy atom. The highest BCUT2D eigenvalue weighted by Crippen LogP contribution is 2.43. The van der Waals surface area contributed by atoms with E-state index in [1.54, 1.807) is 0 Å². The monoisotopic (exact) mass is 678 g/mol. The highest BCUT2D eigenvalue weighted by atomic mass is 16.5. The van der Waals surface area contributed by atoms with E-state index in [9.17, 15) is 0 Å². The zero-order valence-electron chi connectivity index (χ0n) is 31.7. The molecule has 0 radical (unpaired) electrons. The van der Waals surface area contributed by atoms with Gasteiger partial charge in [-0.25, -0.2) is 9.67 Å². The van der Waals surface area contributed by atoms with Crippen LogP contribution in [0.4, 0.5) is 0 Å². The number of hydrogen-bond donors (Lipinski definition) is 0. The SMILES string of the molecule is CCCc1ccnc(-n2c3ccccc3c3ccc(Oc4cc(C(C)C)cc(-n5nc(CCC)c(C6C(C)=CCC[C@@H]6C)c5CCC)c4)cc32)c1. The smallest absolute Gasteiger partial charge is 0.137 e.